The van der Waals surface area contributed by atoms with Crippen LogP contribution in [0, 0.1) is 10.1 Å². The summed E-state index contributed by atoms with van der Waals surface area (Å²) in [5.41, 5.74) is 1.66. The molecule has 2 aromatic rings. The van der Waals surface area contributed by atoms with Crippen LogP contribution in [0.3, 0.4) is 0 Å². The molecule has 1 atom stereocenters. The number of aliphatic hydroxyl groups is 1. The smallest absolute Gasteiger partial charge is 0.269 e. The molecule has 104 valence electrons. The molecule has 0 fully saturated rings. The molecule has 0 heterocycles. The number of nitro groups is 1. The molecular weight excluding hydrogens is 256 g/mol. The minimum atomic E-state index is -0.765. The van der Waals surface area contributed by atoms with Crippen molar-refractivity contribution < 1.29 is 10.0 Å². The largest absolute Gasteiger partial charge is 0.387 e. The summed E-state index contributed by atoms with van der Waals surface area (Å²) in [5.74, 6) is 0. The van der Waals surface area contributed by atoms with Gasteiger partial charge in [-0.05, 0) is 11.1 Å². The molecule has 0 radical (unpaired) electrons. The third-order valence-electron chi connectivity index (χ3n) is 2.98. The van der Waals surface area contributed by atoms with Crippen molar-refractivity contribution in [2.24, 2.45) is 0 Å². The second-order valence-corrected chi connectivity index (χ2v) is 4.48. The number of aliphatic hydroxyl groups excluding tert-OH is 1. The molecule has 0 saturated heterocycles. The maximum Gasteiger partial charge on any atom is 0.269 e. The van der Waals surface area contributed by atoms with Gasteiger partial charge in [-0.3, -0.25) is 10.1 Å². The Labute approximate surface area is 117 Å². The number of hydrogen-bond donors (Lipinski definition) is 2. The fourth-order valence-corrected chi connectivity index (χ4v) is 1.91. The van der Waals surface area contributed by atoms with Crippen molar-refractivity contribution in [2.45, 2.75) is 12.6 Å². The van der Waals surface area contributed by atoms with Crippen LogP contribution in [0.1, 0.15) is 17.2 Å². The maximum absolute atomic E-state index is 10.7. The van der Waals surface area contributed by atoms with Crippen molar-refractivity contribution in [3.8, 4) is 0 Å². The molecule has 0 spiro atoms. The average Bonchev–Trinajstić information content (AvgIpc) is 2.48. The van der Waals surface area contributed by atoms with Crippen molar-refractivity contribution in [1.82, 2.24) is 5.32 Å². The molecule has 0 aliphatic carbocycles. The lowest BCUT2D eigenvalue weighted by Crippen LogP contribution is -2.21. The minimum Gasteiger partial charge on any atom is -0.387 e. The first-order valence-electron chi connectivity index (χ1n) is 6.34. The normalized spacial score (nSPS) is 12.1. The van der Waals surface area contributed by atoms with Crippen molar-refractivity contribution in [3.63, 3.8) is 0 Å². The lowest BCUT2D eigenvalue weighted by Gasteiger charge is -2.12. The first-order valence-corrected chi connectivity index (χ1v) is 6.34. The SMILES string of the molecule is O=[N+]([O-])c1cccc(C(O)CNCc2ccccc2)c1. The van der Waals surface area contributed by atoms with Crippen LogP contribution in [0.25, 0.3) is 0 Å². The molecule has 0 aliphatic heterocycles. The molecule has 0 amide bonds. The fraction of sp³-hybridized carbons (Fsp3) is 0.200. The fourth-order valence-electron chi connectivity index (χ4n) is 1.91. The summed E-state index contributed by atoms with van der Waals surface area (Å²) in [5, 5.41) is 23.8. The molecular formula is C15H16N2O3. The number of hydrogen-bond acceptors (Lipinski definition) is 4. The monoisotopic (exact) mass is 272 g/mol. The van der Waals surface area contributed by atoms with Gasteiger partial charge in [0.15, 0.2) is 0 Å². The summed E-state index contributed by atoms with van der Waals surface area (Å²) >= 11 is 0. The topological polar surface area (TPSA) is 75.4 Å². The van der Waals surface area contributed by atoms with Gasteiger partial charge in [0.05, 0.1) is 11.0 Å². The number of nitrogens with zero attached hydrogens (tertiary/aromatic N) is 1. The van der Waals surface area contributed by atoms with Crippen LogP contribution in [0.15, 0.2) is 54.6 Å². The molecule has 20 heavy (non-hydrogen) atoms. The van der Waals surface area contributed by atoms with Crippen LogP contribution in [0.4, 0.5) is 5.69 Å². The van der Waals surface area contributed by atoms with E-state index >= 15 is 0 Å². The zero-order valence-electron chi connectivity index (χ0n) is 10.9. The average molecular weight is 272 g/mol. The molecule has 5 nitrogen and oxygen atoms in total. The predicted molar refractivity (Wildman–Crippen MR) is 76.2 cm³/mol. The molecule has 2 rings (SSSR count). The van der Waals surface area contributed by atoms with Gasteiger partial charge < -0.3 is 10.4 Å². The molecule has 0 aromatic heterocycles. The van der Waals surface area contributed by atoms with E-state index in [9.17, 15) is 15.2 Å². The summed E-state index contributed by atoms with van der Waals surface area (Å²) in [6.45, 7) is 0.989. The van der Waals surface area contributed by atoms with Gasteiger partial charge in [-0.2, -0.15) is 0 Å². The van der Waals surface area contributed by atoms with Gasteiger partial charge in [0.25, 0.3) is 5.69 Å². The number of rotatable bonds is 6. The van der Waals surface area contributed by atoms with E-state index in [0.29, 0.717) is 18.7 Å². The second-order valence-electron chi connectivity index (χ2n) is 4.48. The lowest BCUT2D eigenvalue weighted by molar-refractivity contribution is -0.385. The Balaban J connectivity index is 1.90. The Bertz CT molecular complexity index is 572. The molecule has 0 bridgehead atoms. The molecule has 5 heteroatoms. The molecule has 2 aromatic carbocycles. The van der Waals surface area contributed by atoms with E-state index in [1.807, 2.05) is 30.3 Å². The van der Waals surface area contributed by atoms with Gasteiger partial charge >= 0.3 is 0 Å². The van der Waals surface area contributed by atoms with Crippen LogP contribution in [-0.2, 0) is 6.54 Å². The van der Waals surface area contributed by atoms with Crippen LogP contribution >= 0.6 is 0 Å². The van der Waals surface area contributed by atoms with Gasteiger partial charge in [-0.15, -0.1) is 0 Å². The Hall–Kier alpha value is -2.24. The quantitative estimate of drug-likeness (QED) is 0.625. The van der Waals surface area contributed by atoms with Crippen molar-refractivity contribution in [2.75, 3.05) is 6.54 Å². The molecule has 2 N–H and O–H groups in total. The summed E-state index contributed by atoms with van der Waals surface area (Å²) in [7, 11) is 0. The van der Waals surface area contributed by atoms with Gasteiger partial charge in [0, 0.05) is 25.2 Å². The minimum absolute atomic E-state index is 0.00962. The highest BCUT2D eigenvalue weighted by Crippen LogP contribution is 2.18. The summed E-state index contributed by atoms with van der Waals surface area (Å²) in [6.07, 6.45) is -0.765. The zero-order valence-corrected chi connectivity index (χ0v) is 10.9. The van der Waals surface area contributed by atoms with Crippen molar-refractivity contribution >= 4 is 5.69 Å². The van der Waals surface area contributed by atoms with Crippen LogP contribution < -0.4 is 5.32 Å². The highest BCUT2D eigenvalue weighted by Gasteiger charge is 2.11. The molecule has 1 unspecified atom stereocenters. The zero-order chi connectivity index (χ0) is 14.4. The molecule has 0 saturated carbocycles. The standard InChI is InChI=1S/C15H16N2O3/c18-15(11-16-10-12-5-2-1-3-6-12)13-7-4-8-14(9-13)17(19)20/h1-9,15-16,18H,10-11H2. The van der Waals surface area contributed by atoms with Gasteiger partial charge in [0.1, 0.15) is 0 Å². The molecule has 0 aliphatic rings. The predicted octanol–water partition coefficient (Wildman–Crippen LogP) is 2.42. The van der Waals surface area contributed by atoms with E-state index in [4.69, 9.17) is 0 Å². The summed E-state index contributed by atoms with van der Waals surface area (Å²) in [4.78, 5) is 10.2. The highest BCUT2D eigenvalue weighted by molar-refractivity contribution is 5.35. The first kappa shape index (κ1) is 14.2. The van der Waals surface area contributed by atoms with E-state index < -0.39 is 11.0 Å². The second kappa shape index (κ2) is 6.79. The highest BCUT2D eigenvalue weighted by atomic mass is 16.6. The number of nitrogens with one attached hydrogen (secondary N) is 1. The summed E-state index contributed by atoms with van der Waals surface area (Å²) in [6, 6.07) is 15.9. The first-order chi connectivity index (χ1) is 9.66. The van der Waals surface area contributed by atoms with Gasteiger partial charge in [0.2, 0.25) is 0 Å². The maximum atomic E-state index is 10.7. The number of non-ortho nitro benzene ring substituents is 1. The van der Waals surface area contributed by atoms with Gasteiger partial charge in [-0.1, -0.05) is 42.5 Å². The van der Waals surface area contributed by atoms with Crippen LogP contribution in [0.5, 0.6) is 0 Å². The Morgan fingerprint density at radius 1 is 1.15 bits per heavy atom. The third-order valence-corrected chi connectivity index (χ3v) is 2.98. The Kier molecular flexibility index (Phi) is 4.81. The van der Waals surface area contributed by atoms with E-state index in [-0.39, 0.29) is 5.69 Å². The Morgan fingerprint density at radius 3 is 2.60 bits per heavy atom. The van der Waals surface area contributed by atoms with E-state index in [2.05, 4.69) is 5.32 Å². The van der Waals surface area contributed by atoms with Crippen LogP contribution in [-0.4, -0.2) is 16.6 Å². The third kappa shape index (κ3) is 3.88. The van der Waals surface area contributed by atoms with Crippen molar-refractivity contribution in [1.29, 1.82) is 0 Å². The van der Waals surface area contributed by atoms with E-state index in [1.165, 1.54) is 12.1 Å². The number of nitro benzene ring substituents is 1. The van der Waals surface area contributed by atoms with Gasteiger partial charge in [-0.25, -0.2) is 0 Å². The van der Waals surface area contributed by atoms with Crippen molar-refractivity contribution in [3.05, 3.63) is 75.8 Å². The van der Waals surface area contributed by atoms with Crippen LogP contribution in [0.2, 0.25) is 0 Å². The van der Waals surface area contributed by atoms with E-state index in [0.717, 1.165) is 5.56 Å². The Morgan fingerprint density at radius 2 is 1.90 bits per heavy atom. The lowest BCUT2D eigenvalue weighted by atomic mass is 10.1. The summed E-state index contributed by atoms with van der Waals surface area (Å²) < 4.78 is 0. The number of benzene rings is 2. The van der Waals surface area contributed by atoms with E-state index in [1.54, 1.807) is 12.1 Å².